The molecule has 0 saturated carbocycles. The van der Waals surface area contributed by atoms with Crippen LogP contribution in [0.2, 0.25) is 25.7 Å². The highest BCUT2D eigenvalue weighted by molar-refractivity contribution is 9.07. The molecule has 2 heterocycles. The van der Waals surface area contributed by atoms with Crippen LogP contribution in [0.5, 0.6) is 0 Å². The van der Waals surface area contributed by atoms with Crippen LogP contribution in [-0.4, -0.2) is 37.6 Å². The van der Waals surface area contributed by atoms with Crippen LogP contribution in [0, 0.1) is 5.92 Å². The van der Waals surface area contributed by atoms with Crippen molar-refractivity contribution in [1.82, 2.24) is 3.93 Å². The van der Waals surface area contributed by atoms with E-state index in [0.717, 1.165) is 36.9 Å². The van der Waals surface area contributed by atoms with Crippen LogP contribution in [-0.2, 0) is 4.74 Å². The molecule has 106 valence electrons. The molecule has 0 aromatic rings. The van der Waals surface area contributed by atoms with Crippen LogP contribution in [0.15, 0.2) is 28.5 Å². The molecule has 19 heavy (non-hydrogen) atoms. The fourth-order valence-corrected chi connectivity index (χ4v) is 3.47. The van der Waals surface area contributed by atoms with Crippen molar-refractivity contribution in [2.45, 2.75) is 25.7 Å². The van der Waals surface area contributed by atoms with Crippen LogP contribution >= 0.6 is 16.1 Å². The van der Waals surface area contributed by atoms with Crippen LogP contribution in [0.3, 0.4) is 0 Å². The molecule has 0 aromatic carbocycles. The zero-order valence-corrected chi connectivity index (χ0v) is 14.4. The van der Waals surface area contributed by atoms with E-state index in [4.69, 9.17) is 10.5 Å². The Hall–Kier alpha value is -0.593. The van der Waals surface area contributed by atoms with E-state index in [1.54, 1.807) is 6.20 Å². The second-order valence-electron chi connectivity index (χ2n) is 6.31. The molecule has 0 radical (unpaired) electrons. The van der Waals surface area contributed by atoms with Gasteiger partial charge in [-0.15, -0.1) is 0 Å². The Labute approximate surface area is 124 Å². The zero-order chi connectivity index (χ0) is 14.0. The molecule has 2 aliphatic rings. The zero-order valence-electron chi connectivity index (χ0n) is 11.8. The lowest BCUT2D eigenvalue weighted by Gasteiger charge is -2.28. The van der Waals surface area contributed by atoms with Gasteiger partial charge >= 0.3 is 0 Å². The molecule has 0 bridgehead atoms. The first-order chi connectivity index (χ1) is 8.87. The SMILES string of the molecule is C[Si](C)(C)CCOCC1C=C2C(N)=CN=C2N(Br)C1. The summed E-state index contributed by atoms with van der Waals surface area (Å²) in [7, 11) is -0.998. The van der Waals surface area contributed by atoms with Gasteiger partial charge in [-0.2, -0.15) is 0 Å². The Balaban J connectivity index is 1.86. The molecule has 1 unspecified atom stereocenters. The first-order valence-electron chi connectivity index (χ1n) is 6.64. The van der Waals surface area contributed by atoms with Gasteiger partial charge in [0, 0.05) is 32.7 Å². The molecule has 0 saturated heterocycles. The second kappa shape index (κ2) is 5.81. The van der Waals surface area contributed by atoms with Gasteiger partial charge in [0.25, 0.3) is 0 Å². The molecule has 4 nitrogen and oxygen atoms in total. The molecule has 2 rings (SSSR count). The third-order valence-electron chi connectivity index (χ3n) is 3.23. The molecule has 0 aromatic heterocycles. The summed E-state index contributed by atoms with van der Waals surface area (Å²) in [4.78, 5) is 4.29. The first-order valence-corrected chi connectivity index (χ1v) is 11.1. The largest absolute Gasteiger partial charge is 0.397 e. The number of hydrogen-bond donors (Lipinski definition) is 1. The van der Waals surface area contributed by atoms with Crippen LogP contribution in [0.1, 0.15) is 0 Å². The molecule has 6 heteroatoms. The molecule has 0 aliphatic carbocycles. The van der Waals surface area contributed by atoms with E-state index in [2.05, 4.69) is 46.9 Å². The Morgan fingerprint density at radius 3 is 2.95 bits per heavy atom. The monoisotopic (exact) mass is 343 g/mol. The van der Waals surface area contributed by atoms with Gasteiger partial charge in [-0.05, 0) is 6.04 Å². The number of ether oxygens (including phenoxy) is 1. The molecule has 2 N–H and O–H groups in total. The Morgan fingerprint density at radius 2 is 2.26 bits per heavy atom. The molecule has 2 aliphatic heterocycles. The van der Waals surface area contributed by atoms with Crippen molar-refractivity contribution < 1.29 is 4.74 Å². The van der Waals surface area contributed by atoms with Crippen molar-refractivity contribution in [3.63, 3.8) is 0 Å². The topological polar surface area (TPSA) is 50.9 Å². The van der Waals surface area contributed by atoms with Gasteiger partial charge in [0.1, 0.15) is 5.84 Å². The maximum absolute atomic E-state index is 5.92. The maximum atomic E-state index is 5.92. The van der Waals surface area contributed by atoms with Gasteiger partial charge in [-0.25, -0.2) is 4.99 Å². The van der Waals surface area contributed by atoms with E-state index < -0.39 is 8.07 Å². The number of aliphatic imine (C=N–C) groups is 1. The first kappa shape index (κ1) is 14.8. The van der Waals surface area contributed by atoms with Gasteiger partial charge in [0.15, 0.2) is 0 Å². The minimum Gasteiger partial charge on any atom is -0.397 e. The van der Waals surface area contributed by atoms with Crippen LogP contribution < -0.4 is 5.73 Å². The van der Waals surface area contributed by atoms with Crippen molar-refractivity contribution in [1.29, 1.82) is 0 Å². The Kier molecular flexibility index (Phi) is 4.53. The normalized spacial score (nSPS) is 22.8. The summed E-state index contributed by atoms with van der Waals surface area (Å²) in [6, 6.07) is 1.21. The Morgan fingerprint density at radius 1 is 1.53 bits per heavy atom. The molecule has 0 amide bonds. The summed E-state index contributed by atoms with van der Waals surface area (Å²) in [5.74, 6) is 1.27. The van der Waals surface area contributed by atoms with Crippen molar-refractivity contribution >= 4 is 30.1 Å². The molecular weight excluding hydrogens is 322 g/mol. The van der Waals surface area contributed by atoms with E-state index in [0.29, 0.717) is 5.92 Å². The maximum Gasteiger partial charge on any atom is 0.147 e. The molecular formula is C13H22BrN3OSi. The summed E-state index contributed by atoms with van der Waals surface area (Å²) in [6.07, 6.45) is 3.90. The number of amidine groups is 1. The molecule has 0 spiro atoms. The smallest absolute Gasteiger partial charge is 0.147 e. The minimum absolute atomic E-state index is 0.361. The highest BCUT2D eigenvalue weighted by atomic mass is 79.9. The predicted octanol–water partition coefficient (Wildman–Crippen LogP) is 2.72. The van der Waals surface area contributed by atoms with Gasteiger partial charge < -0.3 is 10.5 Å². The standard InChI is InChI=1S/C13H22BrN3OSi/c1-19(2,3)5-4-18-9-10-6-11-12(15)7-16-13(11)17(14)8-10/h6-7,10H,4-5,8-9,15H2,1-3H3. The summed E-state index contributed by atoms with van der Waals surface area (Å²) in [5, 5.41) is 0. The van der Waals surface area contributed by atoms with Gasteiger partial charge in [0.2, 0.25) is 0 Å². The number of hydrogen-bond acceptors (Lipinski definition) is 4. The summed E-state index contributed by atoms with van der Waals surface area (Å²) in [6.45, 7) is 9.58. The van der Waals surface area contributed by atoms with E-state index in [1.165, 1.54) is 6.04 Å². The summed E-state index contributed by atoms with van der Waals surface area (Å²) in [5.41, 5.74) is 7.69. The van der Waals surface area contributed by atoms with Gasteiger partial charge in [0.05, 0.1) is 34.7 Å². The Bertz CT molecular complexity index is 440. The number of halogens is 1. The highest BCUT2D eigenvalue weighted by Gasteiger charge is 2.28. The van der Waals surface area contributed by atoms with E-state index >= 15 is 0 Å². The van der Waals surface area contributed by atoms with E-state index in [1.807, 2.05) is 3.93 Å². The van der Waals surface area contributed by atoms with Gasteiger partial charge in [-0.3, -0.25) is 3.93 Å². The van der Waals surface area contributed by atoms with Crippen molar-refractivity contribution in [3.8, 4) is 0 Å². The third kappa shape index (κ3) is 3.93. The quantitative estimate of drug-likeness (QED) is 0.474. The average molecular weight is 344 g/mol. The van der Waals surface area contributed by atoms with E-state index in [9.17, 15) is 0 Å². The lowest BCUT2D eigenvalue weighted by molar-refractivity contribution is 0.120. The lowest BCUT2D eigenvalue weighted by atomic mass is 10.0. The van der Waals surface area contributed by atoms with E-state index in [-0.39, 0.29) is 0 Å². The van der Waals surface area contributed by atoms with Crippen molar-refractivity contribution in [2.24, 2.45) is 16.6 Å². The van der Waals surface area contributed by atoms with Crippen LogP contribution in [0.25, 0.3) is 0 Å². The highest BCUT2D eigenvalue weighted by Crippen LogP contribution is 2.27. The number of fused-ring (bicyclic) bond motifs is 1. The number of nitrogens with two attached hydrogens (primary N) is 1. The third-order valence-corrected chi connectivity index (χ3v) is 5.56. The summed E-state index contributed by atoms with van der Waals surface area (Å²) >= 11 is 3.53. The fraction of sp³-hybridized carbons (Fsp3) is 0.615. The minimum atomic E-state index is -0.998. The average Bonchev–Trinajstić information content (AvgIpc) is 2.66. The van der Waals surface area contributed by atoms with Crippen molar-refractivity contribution in [2.75, 3.05) is 19.8 Å². The fourth-order valence-electron chi connectivity index (χ4n) is 2.06. The molecule has 1 atom stereocenters. The van der Waals surface area contributed by atoms with Crippen molar-refractivity contribution in [3.05, 3.63) is 23.5 Å². The second-order valence-corrected chi connectivity index (χ2v) is 12.8. The van der Waals surface area contributed by atoms with Crippen LogP contribution in [0.4, 0.5) is 0 Å². The lowest BCUT2D eigenvalue weighted by Crippen LogP contribution is -2.34. The summed E-state index contributed by atoms with van der Waals surface area (Å²) < 4.78 is 7.80. The van der Waals surface area contributed by atoms with Gasteiger partial charge in [-0.1, -0.05) is 25.7 Å². The molecule has 0 fully saturated rings. The number of nitrogens with zero attached hydrogens (tertiary/aromatic N) is 2. The number of rotatable bonds is 5. The predicted molar refractivity (Wildman–Crippen MR) is 85.9 cm³/mol.